The van der Waals surface area contributed by atoms with E-state index in [2.05, 4.69) is 4.98 Å². The van der Waals surface area contributed by atoms with Crippen LogP contribution in [0.15, 0.2) is 47.9 Å². The molecule has 0 spiro atoms. The highest BCUT2D eigenvalue weighted by atomic mass is 16.2. The lowest BCUT2D eigenvalue weighted by molar-refractivity contribution is -0.128. The number of rotatable bonds is 2. The van der Waals surface area contributed by atoms with Crippen molar-refractivity contribution in [1.82, 2.24) is 9.88 Å². The maximum Gasteiger partial charge on any atom is 0.219 e. The van der Waals surface area contributed by atoms with Crippen molar-refractivity contribution in [3.8, 4) is 0 Å². The zero-order valence-corrected chi connectivity index (χ0v) is 12.5. The maximum absolute atomic E-state index is 11.6. The van der Waals surface area contributed by atoms with E-state index in [9.17, 15) is 4.79 Å². The van der Waals surface area contributed by atoms with Crippen LogP contribution in [0, 0.1) is 5.41 Å². The predicted octanol–water partition coefficient (Wildman–Crippen LogP) is 2.07. The highest BCUT2D eigenvalue weighted by molar-refractivity contribution is 6.18. The molecule has 0 unspecified atom stereocenters. The standard InChI is InChI=1S/C17H18N4O/c1-11(22)21-8-6-16(18)15(10-21)17(19)13-4-2-3-12-5-7-20-9-14(12)13/h2-5,7,9,19H,6,8,10,18H2,1H3. The second-order valence-corrected chi connectivity index (χ2v) is 5.47. The summed E-state index contributed by atoms with van der Waals surface area (Å²) >= 11 is 0. The molecule has 0 bridgehead atoms. The van der Waals surface area contributed by atoms with Gasteiger partial charge in [-0.05, 0) is 11.5 Å². The van der Waals surface area contributed by atoms with Crippen molar-refractivity contribution in [1.29, 1.82) is 5.41 Å². The van der Waals surface area contributed by atoms with Gasteiger partial charge < -0.3 is 10.6 Å². The number of pyridine rings is 1. The number of hydrogen-bond donors (Lipinski definition) is 2. The Morgan fingerprint density at radius 2 is 2.18 bits per heavy atom. The zero-order chi connectivity index (χ0) is 15.7. The van der Waals surface area contributed by atoms with Crippen molar-refractivity contribution in [3.63, 3.8) is 0 Å². The second kappa shape index (κ2) is 5.60. The molecule has 3 rings (SSSR count). The lowest BCUT2D eigenvalue weighted by Gasteiger charge is -2.29. The van der Waals surface area contributed by atoms with Gasteiger partial charge in [0.15, 0.2) is 0 Å². The average molecular weight is 294 g/mol. The number of nitrogens with zero attached hydrogens (tertiary/aromatic N) is 2. The summed E-state index contributed by atoms with van der Waals surface area (Å²) in [5.74, 6) is 0.0115. The van der Waals surface area contributed by atoms with Crippen molar-refractivity contribution in [3.05, 3.63) is 53.5 Å². The summed E-state index contributed by atoms with van der Waals surface area (Å²) in [6.45, 7) is 2.57. The van der Waals surface area contributed by atoms with Gasteiger partial charge in [-0.25, -0.2) is 0 Å². The van der Waals surface area contributed by atoms with Crippen LogP contribution in [-0.4, -0.2) is 34.6 Å². The summed E-state index contributed by atoms with van der Waals surface area (Å²) in [5, 5.41) is 10.5. The second-order valence-electron chi connectivity index (χ2n) is 5.47. The molecule has 1 amide bonds. The van der Waals surface area contributed by atoms with Crippen LogP contribution < -0.4 is 5.73 Å². The fourth-order valence-electron chi connectivity index (χ4n) is 2.78. The van der Waals surface area contributed by atoms with Crippen molar-refractivity contribution < 1.29 is 4.79 Å². The van der Waals surface area contributed by atoms with E-state index < -0.39 is 0 Å². The monoisotopic (exact) mass is 294 g/mol. The zero-order valence-electron chi connectivity index (χ0n) is 12.5. The Hall–Kier alpha value is -2.69. The summed E-state index contributed by atoms with van der Waals surface area (Å²) in [7, 11) is 0. The van der Waals surface area contributed by atoms with E-state index in [4.69, 9.17) is 11.1 Å². The first-order chi connectivity index (χ1) is 10.6. The smallest absolute Gasteiger partial charge is 0.219 e. The van der Waals surface area contributed by atoms with Crippen molar-refractivity contribution in [2.75, 3.05) is 13.1 Å². The fourth-order valence-corrected chi connectivity index (χ4v) is 2.78. The molecule has 5 nitrogen and oxygen atoms in total. The molecule has 0 aliphatic carbocycles. The molecule has 2 aromatic rings. The van der Waals surface area contributed by atoms with Crippen LogP contribution in [0.3, 0.4) is 0 Å². The number of carbonyl (C=O) groups excluding carboxylic acids is 1. The molecule has 0 atom stereocenters. The molecule has 0 radical (unpaired) electrons. The summed E-state index contributed by atoms with van der Waals surface area (Å²) in [6, 6.07) is 7.74. The molecular formula is C17H18N4O. The topological polar surface area (TPSA) is 83.1 Å². The third-order valence-electron chi connectivity index (χ3n) is 4.09. The summed E-state index contributed by atoms with van der Waals surface area (Å²) < 4.78 is 0. The van der Waals surface area contributed by atoms with Crippen LogP contribution in [0.25, 0.3) is 10.8 Å². The highest BCUT2D eigenvalue weighted by Gasteiger charge is 2.23. The van der Waals surface area contributed by atoms with Crippen LogP contribution in [0.1, 0.15) is 18.9 Å². The Kier molecular flexibility index (Phi) is 3.63. The lowest BCUT2D eigenvalue weighted by atomic mass is 9.93. The largest absolute Gasteiger partial charge is 0.402 e. The van der Waals surface area contributed by atoms with Gasteiger partial charge in [0.2, 0.25) is 5.91 Å². The van der Waals surface area contributed by atoms with E-state index in [1.54, 1.807) is 24.2 Å². The van der Waals surface area contributed by atoms with Gasteiger partial charge in [-0.2, -0.15) is 0 Å². The number of carbonyl (C=O) groups is 1. The van der Waals surface area contributed by atoms with Crippen LogP contribution in [0.2, 0.25) is 0 Å². The van der Waals surface area contributed by atoms with Crippen molar-refractivity contribution >= 4 is 22.4 Å². The van der Waals surface area contributed by atoms with Crippen LogP contribution in [-0.2, 0) is 4.79 Å². The van der Waals surface area contributed by atoms with Gasteiger partial charge in [-0.15, -0.1) is 0 Å². The summed E-state index contributed by atoms with van der Waals surface area (Å²) in [4.78, 5) is 17.5. The first-order valence-electron chi connectivity index (χ1n) is 7.23. The molecule has 1 aromatic carbocycles. The molecule has 0 fully saturated rings. The van der Waals surface area contributed by atoms with Gasteiger partial charge in [0, 0.05) is 61.0 Å². The predicted molar refractivity (Wildman–Crippen MR) is 86.7 cm³/mol. The normalized spacial score (nSPS) is 15.2. The molecule has 0 saturated heterocycles. The molecule has 1 aliphatic heterocycles. The fraction of sp³-hybridized carbons (Fsp3) is 0.235. The van der Waals surface area contributed by atoms with E-state index >= 15 is 0 Å². The number of nitrogens with one attached hydrogen (secondary N) is 1. The van der Waals surface area contributed by atoms with E-state index in [0.717, 1.165) is 21.9 Å². The Bertz CT molecular complexity index is 789. The van der Waals surface area contributed by atoms with Gasteiger partial charge in [-0.3, -0.25) is 15.2 Å². The summed E-state index contributed by atoms with van der Waals surface area (Å²) in [5.41, 5.74) is 8.72. The lowest BCUT2D eigenvalue weighted by Crippen LogP contribution is -2.38. The average Bonchev–Trinajstić information content (AvgIpc) is 2.54. The molecule has 1 aromatic heterocycles. The Morgan fingerprint density at radius 3 is 2.95 bits per heavy atom. The molecule has 5 heteroatoms. The first kappa shape index (κ1) is 14.3. The minimum Gasteiger partial charge on any atom is -0.402 e. The Labute approximate surface area is 129 Å². The van der Waals surface area contributed by atoms with Crippen LogP contribution in [0.5, 0.6) is 0 Å². The number of benzene rings is 1. The number of nitrogens with two attached hydrogens (primary N) is 1. The molecule has 2 heterocycles. The third kappa shape index (κ3) is 2.45. The first-order valence-corrected chi connectivity index (χ1v) is 7.23. The summed E-state index contributed by atoms with van der Waals surface area (Å²) in [6.07, 6.45) is 4.11. The number of fused-ring (bicyclic) bond motifs is 1. The molecular weight excluding hydrogens is 276 g/mol. The Balaban J connectivity index is 2.04. The van der Waals surface area contributed by atoms with Gasteiger partial charge in [0.1, 0.15) is 0 Å². The molecule has 3 N–H and O–H groups in total. The van der Waals surface area contributed by atoms with Gasteiger partial charge in [-0.1, -0.05) is 18.2 Å². The molecule has 112 valence electrons. The van der Waals surface area contributed by atoms with Crippen LogP contribution in [0.4, 0.5) is 0 Å². The van der Waals surface area contributed by atoms with Crippen molar-refractivity contribution in [2.24, 2.45) is 5.73 Å². The number of aromatic nitrogens is 1. The molecule has 22 heavy (non-hydrogen) atoms. The minimum absolute atomic E-state index is 0.0115. The quantitative estimate of drug-likeness (QED) is 0.832. The van der Waals surface area contributed by atoms with E-state index in [0.29, 0.717) is 30.9 Å². The number of hydrogen-bond acceptors (Lipinski definition) is 4. The molecule has 1 aliphatic rings. The van der Waals surface area contributed by atoms with Crippen molar-refractivity contribution in [2.45, 2.75) is 13.3 Å². The minimum atomic E-state index is 0.0115. The van der Waals surface area contributed by atoms with E-state index in [1.807, 2.05) is 24.3 Å². The van der Waals surface area contributed by atoms with Gasteiger partial charge >= 0.3 is 0 Å². The Morgan fingerprint density at radius 1 is 1.36 bits per heavy atom. The van der Waals surface area contributed by atoms with Crippen LogP contribution >= 0.6 is 0 Å². The number of amides is 1. The molecule has 0 saturated carbocycles. The SMILES string of the molecule is CC(=O)N1CCC(N)=C(C(=N)c2cccc3ccncc23)C1. The third-order valence-corrected chi connectivity index (χ3v) is 4.09. The van der Waals surface area contributed by atoms with Gasteiger partial charge in [0.25, 0.3) is 0 Å². The van der Waals surface area contributed by atoms with E-state index in [1.165, 1.54) is 0 Å². The highest BCUT2D eigenvalue weighted by Crippen LogP contribution is 2.24. The van der Waals surface area contributed by atoms with Gasteiger partial charge in [0.05, 0.1) is 5.71 Å². The van der Waals surface area contributed by atoms with E-state index in [-0.39, 0.29) is 5.91 Å². The maximum atomic E-state index is 11.6.